The van der Waals surface area contributed by atoms with Crippen molar-refractivity contribution in [2.24, 2.45) is 0 Å². The second-order valence-electron chi connectivity index (χ2n) is 11.4. The van der Waals surface area contributed by atoms with Gasteiger partial charge in [0.2, 0.25) is 5.91 Å². The fourth-order valence-corrected chi connectivity index (χ4v) is 6.29. The van der Waals surface area contributed by atoms with Crippen molar-refractivity contribution in [1.29, 1.82) is 0 Å². The number of anilines is 2. The Labute approximate surface area is 305 Å². The van der Waals surface area contributed by atoms with E-state index in [9.17, 15) is 14.4 Å². The molecule has 0 aliphatic rings. The Kier molecular flexibility index (Phi) is 11.5. The molecule has 0 saturated heterocycles. The Morgan fingerprint density at radius 3 is 2.13 bits per heavy atom. The normalized spacial score (nSPS) is 11.6. The van der Waals surface area contributed by atoms with Crippen LogP contribution >= 0.6 is 11.8 Å². The van der Waals surface area contributed by atoms with E-state index in [-0.39, 0.29) is 11.6 Å². The zero-order valence-corrected chi connectivity index (χ0v) is 29.2. The molecule has 0 saturated carbocycles. The lowest BCUT2D eigenvalue weighted by molar-refractivity contribution is -0.116. The molecule has 3 amide bonds. The zero-order chi connectivity index (χ0) is 36.3. The molecule has 0 bridgehead atoms. The highest BCUT2D eigenvalue weighted by atomic mass is 32.2. The summed E-state index contributed by atoms with van der Waals surface area (Å²) in [4.78, 5) is 41.2. The van der Waals surface area contributed by atoms with Gasteiger partial charge in [-0.3, -0.25) is 14.4 Å². The van der Waals surface area contributed by atoms with Crippen LogP contribution in [0, 0.1) is 0 Å². The molecule has 0 aliphatic carbocycles. The second kappa shape index (κ2) is 16.9. The highest BCUT2D eigenvalue weighted by Crippen LogP contribution is 2.37. The average Bonchev–Trinajstić information content (AvgIpc) is 3.66. The number of nitrogens with one attached hydrogen (secondary N) is 3. The Hall–Kier alpha value is -6.52. The highest BCUT2D eigenvalue weighted by Gasteiger charge is 2.23. The molecule has 52 heavy (non-hydrogen) atoms. The summed E-state index contributed by atoms with van der Waals surface area (Å²) in [6.07, 6.45) is 1.48. The van der Waals surface area contributed by atoms with Gasteiger partial charge in [-0.1, -0.05) is 66.7 Å². The third kappa shape index (κ3) is 8.98. The molecule has 1 aromatic heterocycles. The van der Waals surface area contributed by atoms with Crippen LogP contribution in [0.15, 0.2) is 161 Å². The van der Waals surface area contributed by atoms with Gasteiger partial charge in [-0.2, -0.15) is 0 Å². The van der Waals surface area contributed by atoms with E-state index < -0.39 is 17.1 Å². The number of benzene rings is 5. The molecule has 0 aliphatic heterocycles. The first-order chi connectivity index (χ1) is 25.4. The Balaban J connectivity index is 1.21. The molecule has 10 heteroatoms. The van der Waals surface area contributed by atoms with Gasteiger partial charge in [0.1, 0.15) is 34.0 Å². The third-order valence-electron chi connectivity index (χ3n) is 7.86. The summed E-state index contributed by atoms with van der Waals surface area (Å²) in [6.45, 7) is 0. The van der Waals surface area contributed by atoms with Gasteiger partial charge in [0.15, 0.2) is 0 Å². The van der Waals surface area contributed by atoms with Crippen molar-refractivity contribution in [2.75, 3.05) is 24.9 Å². The molecule has 1 atom stereocenters. The number of carbonyl (C=O) groups excluding carboxylic acids is 3. The Bertz CT molecular complexity index is 2180. The van der Waals surface area contributed by atoms with Crippen molar-refractivity contribution in [1.82, 2.24) is 5.32 Å². The summed E-state index contributed by atoms with van der Waals surface area (Å²) in [5.74, 6) is 0.958. The summed E-state index contributed by atoms with van der Waals surface area (Å²) in [5.41, 5.74) is 3.06. The predicted octanol–water partition coefficient (Wildman–Crippen LogP) is 8.85. The summed E-state index contributed by atoms with van der Waals surface area (Å²) < 4.78 is 16.8. The largest absolute Gasteiger partial charge is 0.497 e. The van der Waals surface area contributed by atoms with Crippen molar-refractivity contribution >= 4 is 46.9 Å². The van der Waals surface area contributed by atoms with Crippen LogP contribution in [0.3, 0.4) is 0 Å². The van der Waals surface area contributed by atoms with Crippen molar-refractivity contribution in [3.05, 3.63) is 168 Å². The fraction of sp³-hybridized carbons (Fsp3) is 0.0714. The highest BCUT2D eigenvalue weighted by molar-refractivity contribution is 8.00. The summed E-state index contributed by atoms with van der Waals surface area (Å²) in [5, 5.41) is 8.04. The van der Waals surface area contributed by atoms with E-state index in [4.69, 9.17) is 13.9 Å². The van der Waals surface area contributed by atoms with E-state index in [1.807, 2.05) is 78.9 Å². The van der Waals surface area contributed by atoms with Gasteiger partial charge in [0, 0.05) is 34.0 Å². The van der Waals surface area contributed by atoms with Crippen molar-refractivity contribution in [3.8, 4) is 22.8 Å². The van der Waals surface area contributed by atoms with E-state index in [2.05, 4.69) is 16.0 Å². The maximum atomic E-state index is 13.7. The minimum Gasteiger partial charge on any atom is -0.497 e. The summed E-state index contributed by atoms with van der Waals surface area (Å²) >= 11 is 1.38. The molecule has 6 rings (SSSR count). The topological polar surface area (TPSA) is 119 Å². The van der Waals surface area contributed by atoms with E-state index in [0.29, 0.717) is 40.0 Å². The van der Waals surface area contributed by atoms with Crippen LogP contribution in [0.25, 0.3) is 17.4 Å². The number of furan rings is 1. The maximum absolute atomic E-state index is 13.7. The number of amides is 3. The predicted molar refractivity (Wildman–Crippen MR) is 204 cm³/mol. The van der Waals surface area contributed by atoms with Gasteiger partial charge in [-0.05, 0) is 78.4 Å². The number of carbonyl (C=O) groups is 3. The van der Waals surface area contributed by atoms with Crippen LogP contribution in [0.1, 0.15) is 26.9 Å². The molecule has 0 fully saturated rings. The fourth-order valence-electron chi connectivity index (χ4n) is 5.27. The molecule has 6 aromatic rings. The number of hydrogen-bond acceptors (Lipinski definition) is 7. The molecule has 3 N–H and O–H groups in total. The lowest BCUT2D eigenvalue weighted by Crippen LogP contribution is -2.30. The van der Waals surface area contributed by atoms with Crippen LogP contribution in [0.4, 0.5) is 11.4 Å². The standard InChI is InChI=1S/C42H35N3O6S/c1-49-32-17-11-16-31(26-32)44-42(48)39(28-12-5-3-6-13-28)52-34-23-20-30(21-24-34)43-41(47)36(45-40(46)29-14-7-4-8-15-29)27-33-22-25-38(51-33)35-18-9-10-19-37(35)50-2/h3-27,39H,1-2H3,(H,43,47)(H,44,48)(H,45,46). The summed E-state index contributed by atoms with van der Waals surface area (Å²) in [6, 6.07) is 43.4. The Morgan fingerprint density at radius 2 is 1.40 bits per heavy atom. The number of methoxy groups -OCH3 is 2. The van der Waals surface area contributed by atoms with Gasteiger partial charge in [0.05, 0.1) is 19.8 Å². The summed E-state index contributed by atoms with van der Waals surface area (Å²) in [7, 11) is 3.16. The number of ether oxygens (including phenoxy) is 2. The first kappa shape index (κ1) is 35.3. The molecule has 9 nitrogen and oxygen atoms in total. The first-order valence-electron chi connectivity index (χ1n) is 16.3. The monoisotopic (exact) mass is 709 g/mol. The van der Waals surface area contributed by atoms with Gasteiger partial charge in [0.25, 0.3) is 11.8 Å². The maximum Gasteiger partial charge on any atom is 0.272 e. The minimum atomic E-state index is -0.565. The number of thioether (sulfide) groups is 1. The molecule has 260 valence electrons. The molecule has 0 spiro atoms. The van der Waals surface area contributed by atoms with E-state index in [0.717, 1.165) is 16.0 Å². The lowest BCUT2D eigenvalue weighted by atomic mass is 10.1. The minimum absolute atomic E-state index is 0.0217. The molecular formula is C42H35N3O6S. The van der Waals surface area contributed by atoms with Crippen molar-refractivity contribution < 1.29 is 28.3 Å². The SMILES string of the molecule is COc1cccc(NC(=O)C(Sc2ccc(NC(=O)C(=Cc3ccc(-c4ccccc4OC)o3)NC(=O)c3ccccc3)cc2)c2ccccc2)c1. The molecule has 5 aromatic carbocycles. The van der Waals surface area contributed by atoms with Crippen LogP contribution in [-0.2, 0) is 9.59 Å². The van der Waals surface area contributed by atoms with E-state index >= 15 is 0 Å². The zero-order valence-electron chi connectivity index (χ0n) is 28.4. The molecule has 1 unspecified atom stereocenters. The van der Waals surface area contributed by atoms with Crippen LogP contribution in [0.5, 0.6) is 11.5 Å². The number of para-hydroxylation sites is 1. The number of hydrogen-bond donors (Lipinski definition) is 3. The average molecular weight is 710 g/mol. The van der Waals surface area contributed by atoms with E-state index in [1.54, 1.807) is 80.9 Å². The van der Waals surface area contributed by atoms with Crippen LogP contribution < -0.4 is 25.4 Å². The smallest absolute Gasteiger partial charge is 0.272 e. The quantitative estimate of drug-likeness (QED) is 0.0810. The van der Waals surface area contributed by atoms with Gasteiger partial charge < -0.3 is 29.8 Å². The molecule has 0 radical (unpaired) electrons. The van der Waals surface area contributed by atoms with Gasteiger partial charge in [-0.25, -0.2) is 0 Å². The lowest BCUT2D eigenvalue weighted by Gasteiger charge is -2.18. The van der Waals surface area contributed by atoms with Crippen LogP contribution in [0.2, 0.25) is 0 Å². The third-order valence-corrected chi connectivity index (χ3v) is 9.12. The number of rotatable bonds is 13. The van der Waals surface area contributed by atoms with Gasteiger partial charge in [-0.15, -0.1) is 11.8 Å². The van der Waals surface area contributed by atoms with Crippen molar-refractivity contribution in [3.63, 3.8) is 0 Å². The molecule has 1 heterocycles. The Morgan fingerprint density at radius 1 is 0.692 bits per heavy atom. The molecular weight excluding hydrogens is 675 g/mol. The first-order valence-corrected chi connectivity index (χ1v) is 17.2. The second-order valence-corrected chi connectivity index (χ2v) is 12.6. The van der Waals surface area contributed by atoms with E-state index in [1.165, 1.54) is 17.8 Å². The van der Waals surface area contributed by atoms with Crippen molar-refractivity contribution in [2.45, 2.75) is 10.1 Å². The van der Waals surface area contributed by atoms with Crippen LogP contribution in [-0.4, -0.2) is 31.9 Å². The van der Waals surface area contributed by atoms with Gasteiger partial charge >= 0.3 is 0 Å².